The van der Waals surface area contributed by atoms with E-state index in [0.717, 1.165) is 60.9 Å². The lowest BCUT2D eigenvalue weighted by Gasteiger charge is -2.40. The number of nitrogens with zero attached hydrogens (tertiary/aromatic N) is 5. The van der Waals surface area contributed by atoms with Crippen molar-refractivity contribution in [2.24, 2.45) is 0 Å². The van der Waals surface area contributed by atoms with E-state index in [4.69, 9.17) is 9.89 Å². The van der Waals surface area contributed by atoms with Crippen LogP contribution in [0.4, 0.5) is 0 Å². The molecule has 0 spiro atoms. The molecule has 7 heteroatoms. The molecule has 1 aliphatic carbocycles. The number of fused-ring (bicyclic) bond motifs is 2. The van der Waals surface area contributed by atoms with Crippen LogP contribution in [0, 0.1) is 11.3 Å². The number of nitriles is 1. The number of hydrogen-bond donors (Lipinski definition) is 0. The predicted octanol–water partition coefficient (Wildman–Crippen LogP) is 2.34. The van der Waals surface area contributed by atoms with Gasteiger partial charge in [-0.3, -0.25) is 9.69 Å². The Hall–Kier alpha value is -3.24. The standard InChI is InChI=1S/C23H23N5O2/c24-14-17-1-3-19-13-20(5-4-18(19)11-17)28-10-9-27(23(29)15-28)8-7-16-2-6-21-22(12-16)26-30-25-21/h1-3,6,11-12,20H,4-5,7-10,13,15H2. The maximum Gasteiger partial charge on any atom is 0.236 e. The SMILES string of the molecule is N#Cc1ccc2c(c1)CCC(N1CCN(CCc3ccc4nonc4c3)C(=O)C1)C2. The van der Waals surface area contributed by atoms with Crippen molar-refractivity contribution >= 4 is 16.9 Å². The van der Waals surface area contributed by atoms with Gasteiger partial charge in [-0.15, -0.1) is 0 Å². The van der Waals surface area contributed by atoms with Crippen molar-refractivity contribution in [1.29, 1.82) is 5.26 Å². The van der Waals surface area contributed by atoms with Crippen LogP contribution >= 0.6 is 0 Å². The van der Waals surface area contributed by atoms with Gasteiger partial charge in [0.15, 0.2) is 0 Å². The molecule has 2 aromatic carbocycles. The van der Waals surface area contributed by atoms with Gasteiger partial charge in [0.2, 0.25) is 5.91 Å². The quantitative estimate of drug-likeness (QED) is 0.667. The Morgan fingerprint density at radius 2 is 2.00 bits per heavy atom. The van der Waals surface area contributed by atoms with E-state index in [9.17, 15) is 4.79 Å². The molecule has 30 heavy (non-hydrogen) atoms. The van der Waals surface area contributed by atoms with E-state index in [0.29, 0.717) is 19.1 Å². The molecule has 152 valence electrons. The highest BCUT2D eigenvalue weighted by atomic mass is 16.6. The van der Waals surface area contributed by atoms with Crippen LogP contribution in [0.5, 0.6) is 0 Å². The molecule has 1 aromatic heterocycles. The normalized spacial score (nSPS) is 19.6. The maximum absolute atomic E-state index is 12.8. The Kier molecular flexibility index (Phi) is 4.93. The molecule has 3 aromatic rings. The third-order valence-electron chi connectivity index (χ3n) is 6.39. The minimum atomic E-state index is 0.205. The van der Waals surface area contributed by atoms with Crippen LogP contribution in [0.2, 0.25) is 0 Å². The van der Waals surface area contributed by atoms with Crippen LogP contribution in [0.1, 0.15) is 28.7 Å². The zero-order chi connectivity index (χ0) is 20.5. The summed E-state index contributed by atoms with van der Waals surface area (Å²) >= 11 is 0. The first kappa shape index (κ1) is 18.8. The molecule has 1 unspecified atom stereocenters. The number of aryl methyl sites for hydroxylation is 1. The van der Waals surface area contributed by atoms with Gasteiger partial charge in [-0.2, -0.15) is 5.26 Å². The van der Waals surface area contributed by atoms with Gasteiger partial charge >= 0.3 is 0 Å². The second kappa shape index (κ2) is 7.88. The van der Waals surface area contributed by atoms with E-state index < -0.39 is 0 Å². The van der Waals surface area contributed by atoms with E-state index in [1.165, 1.54) is 11.1 Å². The average molecular weight is 401 g/mol. The van der Waals surface area contributed by atoms with Crippen molar-refractivity contribution in [3.8, 4) is 6.07 Å². The van der Waals surface area contributed by atoms with Crippen LogP contribution in [0.15, 0.2) is 41.0 Å². The topological polar surface area (TPSA) is 86.3 Å². The van der Waals surface area contributed by atoms with Gasteiger partial charge in [0.05, 0.1) is 18.2 Å². The van der Waals surface area contributed by atoms with E-state index >= 15 is 0 Å². The molecule has 7 nitrogen and oxygen atoms in total. The second-order valence-corrected chi connectivity index (χ2v) is 8.18. The van der Waals surface area contributed by atoms with Crippen LogP contribution in [0.25, 0.3) is 11.0 Å². The lowest BCUT2D eigenvalue weighted by molar-refractivity contribution is -0.137. The van der Waals surface area contributed by atoms with Gasteiger partial charge in [-0.1, -0.05) is 12.1 Å². The first-order chi connectivity index (χ1) is 14.7. The maximum atomic E-state index is 12.8. The zero-order valence-electron chi connectivity index (χ0n) is 16.8. The highest BCUT2D eigenvalue weighted by molar-refractivity contribution is 5.79. The van der Waals surface area contributed by atoms with Gasteiger partial charge < -0.3 is 4.90 Å². The highest BCUT2D eigenvalue weighted by Gasteiger charge is 2.30. The first-order valence-corrected chi connectivity index (χ1v) is 10.4. The van der Waals surface area contributed by atoms with Crippen molar-refractivity contribution in [1.82, 2.24) is 20.1 Å². The van der Waals surface area contributed by atoms with Crippen molar-refractivity contribution < 1.29 is 9.42 Å². The van der Waals surface area contributed by atoms with E-state index in [-0.39, 0.29) is 5.91 Å². The fourth-order valence-corrected chi connectivity index (χ4v) is 4.64. The van der Waals surface area contributed by atoms with Gasteiger partial charge in [0, 0.05) is 25.7 Å². The number of rotatable bonds is 4. The van der Waals surface area contributed by atoms with Crippen LogP contribution in [-0.4, -0.2) is 58.2 Å². The predicted molar refractivity (Wildman–Crippen MR) is 111 cm³/mol. The molecule has 2 aliphatic rings. The highest BCUT2D eigenvalue weighted by Crippen LogP contribution is 2.26. The molecule has 1 atom stereocenters. The summed E-state index contributed by atoms with van der Waals surface area (Å²) in [4.78, 5) is 17.1. The van der Waals surface area contributed by atoms with Crippen molar-refractivity contribution in [2.75, 3.05) is 26.2 Å². The number of carbonyl (C=O) groups is 1. The summed E-state index contributed by atoms with van der Waals surface area (Å²) in [5.41, 5.74) is 5.97. The molecule has 1 fully saturated rings. The third-order valence-corrected chi connectivity index (χ3v) is 6.39. The molecule has 1 saturated heterocycles. The Morgan fingerprint density at radius 3 is 2.87 bits per heavy atom. The largest absolute Gasteiger partial charge is 0.340 e. The number of aromatic nitrogens is 2. The van der Waals surface area contributed by atoms with Crippen LogP contribution < -0.4 is 0 Å². The Labute approximate surface area is 174 Å². The van der Waals surface area contributed by atoms with E-state index in [2.05, 4.69) is 27.3 Å². The number of benzene rings is 2. The van der Waals surface area contributed by atoms with Gasteiger partial charge in [0.1, 0.15) is 11.0 Å². The Morgan fingerprint density at radius 1 is 1.10 bits per heavy atom. The van der Waals surface area contributed by atoms with E-state index in [1.54, 1.807) is 0 Å². The second-order valence-electron chi connectivity index (χ2n) is 8.18. The molecule has 1 aliphatic heterocycles. The Bertz CT molecular complexity index is 1130. The third kappa shape index (κ3) is 3.66. The summed E-state index contributed by atoms with van der Waals surface area (Å²) in [6, 6.07) is 14.5. The van der Waals surface area contributed by atoms with Gasteiger partial charge in [-0.05, 0) is 77.0 Å². The van der Waals surface area contributed by atoms with Crippen molar-refractivity contribution in [3.05, 3.63) is 58.7 Å². The lowest BCUT2D eigenvalue weighted by Crippen LogP contribution is -2.54. The molecule has 2 heterocycles. The Balaban J connectivity index is 1.17. The number of piperazine rings is 1. The summed E-state index contributed by atoms with van der Waals surface area (Å²) < 4.78 is 4.75. The summed E-state index contributed by atoms with van der Waals surface area (Å²) in [5.74, 6) is 0.205. The summed E-state index contributed by atoms with van der Waals surface area (Å²) in [5, 5.41) is 16.8. The van der Waals surface area contributed by atoms with Gasteiger partial charge in [0.25, 0.3) is 0 Å². The smallest absolute Gasteiger partial charge is 0.236 e. The van der Waals surface area contributed by atoms with E-state index in [1.807, 2.05) is 35.2 Å². The van der Waals surface area contributed by atoms with Gasteiger partial charge in [-0.25, -0.2) is 4.63 Å². The van der Waals surface area contributed by atoms with Crippen molar-refractivity contribution in [2.45, 2.75) is 31.7 Å². The average Bonchev–Trinajstić information content (AvgIpc) is 3.25. The molecular formula is C23H23N5O2. The minimum Gasteiger partial charge on any atom is -0.340 e. The molecule has 0 radical (unpaired) electrons. The molecule has 0 N–H and O–H groups in total. The summed E-state index contributed by atoms with van der Waals surface area (Å²) in [7, 11) is 0. The van der Waals surface area contributed by atoms with Crippen LogP contribution in [0.3, 0.4) is 0 Å². The monoisotopic (exact) mass is 401 g/mol. The lowest BCUT2D eigenvalue weighted by atomic mass is 9.86. The summed E-state index contributed by atoms with van der Waals surface area (Å²) in [6.07, 6.45) is 3.77. The molecule has 0 saturated carbocycles. The fourth-order valence-electron chi connectivity index (χ4n) is 4.64. The number of hydrogen-bond acceptors (Lipinski definition) is 6. The van der Waals surface area contributed by atoms with Crippen molar-refractivity contribution in [3.63, 3.8) is 0 Å². The first-order valence-electron chi connectivity index (χ1n) is 10.4. The number of amides is 1. The fraction of sp³-hybridized carbons (Fsp3) is 0.391. The molecule has 0 bridgehead atoms. The number of carbonyl (C=O) groups excluding carboxylic acids is 1. The molecule has 1 amide bonds. The molecular weight excluding hydrogens is 378 g/mol. The molecule has 5 rings (SSSR count). The zero-order valence-corrected chi connectivity index (χ0v) is 16.8. The summed E-state index contributed by atoms with van der Waals surface area (Å²) in [6.45, 7) is 2.88. The van der Waals surface area contributed by atoms with Crippen LogP contribution in [-0.2, 0) is 24.1 Å². The minimum absolute atomic E-state index is 0.205.